The quantitative estimate of drug-likeness (QED) is 0.944. The summed E-state index contributed by atoms with van der Waals surface area (Å²) in [5, 5.41) is 2.33. The van der Waals surface area contributed by atoms with Crippen molar-refractivity contribution in [2.45, 2.75) is 12.8 Å². The molecule has 23 heavy (non-hydrogen) atoms. The Bertz CT molecular complexity index is 760. The molecule has 1 saturated heterocycles. The number of nitrogens with one attached hydrogen (secondary N) is 1. The lowest BCUT2D eigenvalue weighted by Gasteiger charge is -2.15. The van der Waals surface area contributed by atoms with Gasteiger partial charge in [-0.25, -0.2) is 8.78 Å². The smallest absolute Gasteiger partial charge is 0.255 e. The van der Waals surface area contributed by atoms with Crippen LogP contribution in [0.25, 0.3) is 0 Å². The fraction of sp³-hybridized carbons (Fsp3) is 0.176. The minimum atomic E-state index is -0.709. The molecule has 0 radical (unpaired) electrons. The zero-order valence-corrected chi connectivity index (χ0v) is 12.2. The molecular weight excluding hydrogens is 302 g/mol. The fourth-order valence-corrected chi connectivity index (χ4v) is 2.50. The number of benzene rings is 2. The van der Waals surface area contributed by atoms with Crippen LogP contribution in [0.2, 0.25) is 0 Å². The van der Waals surface area contributed by atoms with Gasteiger partial charge in [0.1, 0.15) is 11.6 Å². The minimum absolute atomic E-state index is 0.0593. The van der Waals surface area contributed by atoms with E-state index >= 15 is 0 Å². The first-order valence-electron chi connectivity index (χ1n) is 7.21. The van der Waals surface area contributed by atoms with Gasteiger partial charge in [-0.1, -0.05) is 0 Å². The standard InChI is InChI=1S/C17H14F2N2O2/c18-12-5-8-14(19)15(10-12)20-17(23)11-3-6-13(7-4-11)21-9-1-2-16(21)22/h3-8,10H,1-2,9H2,(H,20,23). The van der Waals surface area contributed by atoms with Gasteiger partial charge in [-0.05, 0) is 42.8 Å². The molecule has 1 fully saturated rings. The molecule has 0 spiro atoms. The molecule has 2 aromatic rings. The number of hydrogen-bond donors (Lipinski definition) is 1. The highest BCUT2D eigenvalue weighted by Crippen LogP contribution is 2.22. The van der Waals surface area contributed by atoms with E-state index in [1.54, 1.807) is 29.2 Å². The second-order valence-electron chi connectivity index (χ2n) is 5.27. The van der Waals surface area contributed by atoms with Gasteiger partial charge in [-0.15, -0.1) is 0 Å². The van der Waals surface area contributed by atoms with Gasteiger partial charge in [0, 0.05) is 30.3 Å². The normalized spacial score (nSPS) is 14.2. The number of carbonyl (C=O) groups excluding carboxylic acids is 2. The summed E-state index contributed by atoms with van der Waals surface area (Å²) in [7, 11) is 0. The highest BCUT2D eigenvalue weighted by atomic mass is 19.1. The minimum Gasteiger partial charge on any atom is -0.319 e. The summed E-state index contributed by atoms with van der Waals surface area (Å²) in [6.07, 6.45) is 1.35. The van der Waals surface area contributed by atoms with Crippen LogP contribution in [0.4, 0.5) is 20.2 Å². The molecular formula is C17H14F2N2O2. The molecule has 0 bridgehead atoms. The third-order valence-electron chi connectivity index (χ3n) is 3.69. The molecule has 3 rings (SSSR count). The predicted molar refractivity (Wildman–Crippen MR) is 82.3 cm³/mol. The molecule has 0 saturated carbocycles. The first-order chi connectivity index (χ1) is 11.0. The van der Waals surface area contributed by atoms with Gasteiger partial charge in [0.2, 0.25) is 5.91 Å². The van der Waals surface area contributed by atoms with E-state index in [1.807, 2.05) is 0 Å². The summed E-state index contributed by atoms with van der Waals surface area (Å²) in [4.78, 5) is 25.4. The molecule has 0 aliphatic carbocycles. The van der Waals surface area contributed by atoms with Crippen LogP contribution in [-0.2, 0) is 4.79 Å². The van der Waals surface area contributed by atoms with Crippen molar-refractivity contribution >= 4 is 23.2 Å². The fourth-order valence-electron chi connectivity index (χ4n) is 2.50. The van der Waals surface area contributed by atoms with E-state index in [1.165, 1.54) is 0 Å². The Morgan fingerprint density at radius 2 is 1.83 bits per heavy atom. The zero-order chi connectivity index (χ0) is 16.4. The predicted octanol–water partition coefficient (Wildman–Crippen LogP) is 3.34. The van der Waals surface area contributed by atoms with E-state index in [-0.39, 0.29) is 11.6 Å². The summed E-state index contributed by atoms with van der Waals surface area (Å²) in [5.74, 6) is -1.83. The summed E-state index contributed by atoms with van der Waals surface area (Å²) < 4.78 is 26.6. The van der Waals surface area contributed by atoms with E-state index in [2.05, 4.69) is 5.32 Å². The zero-order valence-electron chi connectivity index (χ0n) is 12.2. The van der Waals surface area contributed by atoms with E-state index in [0.717, 1.165) is 30.3 Å². The van der Waals surface area contributed by atoms with Gasteiger partial charge in [0.15, 0.2) is 0 Å². The molecule has 6 heteroatoms. The molecule has 2 amide bonds. The maximum Gasteiger partial charge on any atom is 0.255 e. The maximum atomic E-state index is 13.5. The van der Waals surface area contributed by atoms with Crippen LogP contribution in [0, 0.1) is 11.6 Å². The molecule has 1 aliphatic heterocycles. The van der Waals surface area contributed by atoms with Crippen LogP contribution in [0.5, 0.6) is 0 Å². The van der Waals surface area contributed by atoms with Crippen molar-refractivity contribution in [1.29, 1.82) is 0 Å². The molecule has 4 nitrogen and oxygen atoms in total. The van der Waals surface area contributed by atoms with Gasteiger partial charge in [-0.2, -0.15) is 0 Å². The second kappa shape index (κ2) is 6.16. The average molecular weight is 316 g/mol. The van der Waals surface area contributed by atoms with Crippen LogP contribution in [0.3, 0.4) is 0 Å². The molecule has 0 aromatic heterocycles. The molecule has 118 valence electrons. The van der Waals surface area contributed by atoms with Crippen molar-refractivity contribution in [2.24, 2.45) is 0 Å². The van der Waals surface area contributed by atoms with Crippen molar-refractivity contribution in [1.82, 2.24) is 0 Å². The van der Waals surface area contributed by atoms with Crippen LogP contribution in [0.15, 0.2) is 42.5 Å². The van der Waals surface area contributed by atoms with E-state index in [0.29, 0.717) is 18.5 Å². The van der Waals surface area contributed by atoms with Gasteiger partial charge in [-0.3, -0.25) is 9.59 Å². The van der Waals surface area contributed by atoms with Crippen molar-refractivity contribution < 1.29 is 18.4 Å². The van der Waals surface area contributed by atoms with Crippen LogP contribution in [-0.4, -0.2) is 18.4 Å². The lowest BCUT2D eigenvalue weighted by molar-refractivity contribution is -0.117. The Morgan fingerprint density at radius 1 is 1.09 bits per heavy atom. The van der Waals surface area contributed by atoms with Gasteiger partial charge < -0.3 is 10.2 Å². The lowest BCUT2D eigenvalue weighted by atomic mass is 10.1. The Morgan fingerprint density at radius 3 is 2.48 bits per heavy atom. The molecule has 1 N–H and O–H groups in total. The maximum absolute atomic E-state index is 13.5. The van der Waals surface area contributed by atoms with E-state index in [4.69, 9.17) is 0 Å². The SMILES string of the molecule is O=C(Nc1cc(F)ccc1F)c1ccc(N2CCCC2=O)cc1. The highest BCUT2D eigenvalue weighted by Gasteiger charge is 2.21. The Labute approximate surface area is 131 Å². The second-order valence-corrected chi connectivity index (χ2v) is 5.27. The monoisotopic (exact) mass is 316 g/mol. The molecule has 0 atom stereocenters. The van der Waals surface area contributed by atoms with E-state index < -0.39 is 17.5 Å². The summed E-state index contributed by atoms with van der Waals surface area (Å²) in [6.45, 7) is 0.666. The molecule has 1 aliphatic rings. The van der Waals surface area contributed by atoms with Gasteiger partial charge in [0.05, 0.1) is 5.69 Å². The van der Waals surface area contributed by atoms with Crippen LogP contribution < -0.4 is 10.2 Å². The Balaban J connectivity index is 1.75. The van der Waals surface area contributed by atoms with Gasteiger partial charge >= 0.3 is 0 Å². The number of halogens is 2. The van der Waals surface area contributed by atoms with Gasteiger partial charge in [0.25, 0.3) is 5.91 Å². The highest BCUT2D eigenvalue weighted by molar-refractivity contribution is 6.05. The van der Waals surface area contributed by atoms with Crippen molar-refractivity contribution in [3.05, 3.63) is 59.7 Å². The van der Waals surface area contributed by atoms with Crippen LogP contribution >= 0.6 is 0 Å². The number of hydrogen-bond acceptors (Lipinski definition) is 2. The summed E-state index contributed by atoms with van der Waals surface area (Å²) in [5.41, 5.74) is 0.804. The molecule has 1 heterocycles. The Kier molecular flexibility index (Phi) is 4.06. The first kappa shape index (κ1) is 15.1. The number of rotatable bonds is 3. The third kappa shape index (κ3) is 3.21. The van der Waals surface area contributed by atoms with E-state index in [9.17, 15) is 18.4 Å². The third-order valence-corrected chi connectivity index (χ3v) is 3.69. The number of anilines is 2. The largest absolute Gasteiger partial charge is 0.319 e. The number of nitrogens with zero attached hydrogens (tertiary/aromatic N) is 1. The number of carbonyl (C=O) groups is 2. The van der Waals surface area contributed by atoms with Crippen LogP contribution in [0.1, 0.15) is 23.2 Å². The molecule has 0 unspecified atom stereocenters. The topological polar surface area (TPSA) is 49.4 Å². The average Bonchev–Trinajstić information content (AvgIpc) is 2.97. The first-order valence-corrected chi connectivity index (χ1v) is 7.21. The van der Waals surface area contributed by atoms with Crippen molar-refractivity contribution in [3.8, 4) is 0 Å². The number of amides is 2. The Hall–Kier alpha value is -2.76. The van der Waals surface area contributed by atoms with Crippen molar-refractivity contribution in [2.75, 3.05) is 16.8 Å². The lowest BCUT2D eigenvalue weighted by Crippen LogP contribution is -2.23. The molecule has 2 aromatic carbocycles. The summed E-state index contributed by atoms with van der Waals surface area (Å²) in [6, 6.07) is 9.28. The van der Waals surface area contributed by atoms with Crippen molar-refractivity contribution in [3.63, 3.8) is 0 Å². The summed E-state index contributed by atoms with van der Waals surface area (Å²) >= 11 is 0.